The molecule has 1 saturated heterocycles. The van der Waals surface area contributed by atoms with Gasteiger partial charge in [0.05, 0.1) is 12.9 Å². The van der Waals surface area contributed by atoms with Crippen molar-refractivity contribution in [2.45, 2.75) is 159 Å². The number of nitrogens with one attached hydrogen (secondary N) is 11. The second-order valence-electron chi connectivity index (χ2n) is 25.7. The van der Waals surface area contributed by atoms with Crippen LogP contribution in [0.3, 0.4) is 0 Å². The second kappa shape index (κ2) is 37.0. The summed E-state index contributed by atoms with van der Waals surface area (Å²) in [5.41, 5.74) is 14.8. The zero-order chi connectivity index (χ0) is 72.7. The number of unbranched alkanes of at least 4 members (excludes halogenated alkanes) is 1. The van der Waals surface area contributed by atoms with Gasteiger partial charge in [-0.2, -0.15) is 0 Å². The number of hydrogen-bond donors (Lipinski definition) is 14. The second-order valence-corrected chi connectivity index (χ2v) is 26.2. The molecule has 10 atom stereocenters. The van der Waals surface area contributed by atoms with Crippen LogP contribution in [0, 0.1) is 5.92 Å². The number of amides is 11. The van der Waals surface area contributed by atoms with Gasteiger partial charge < -0.3 is 79.3 Å². The van der Waals surface area contributed by atoms with E-state index in [-0.39, 0.29) is 64.0 Å². The van der Waals surface area contributed by atoms with Crippen LogP contribution in [-0.4, -0.2) is 175 Å². The molecule has 4 aromatic carbocycles. The predicted molar refractivity (Wildman–Crippen MR) is 377 cm³/mol. The van der Waals surface area contributed by atoms with E-state index in [1.165, 1.54) is 43.7 Å². The summed E-state index contributed by atoms with van der Waals surface area (Å²) < 4.78 is 0. The number of H-pyrrole nitrogens is 2. The zero-order valence-electron chi connectivity index (χ0n) is 56.8. The van der Waals surface area contributed by atoms with Crippen molar-refractivity contribution in [3.8, 4) is 0 Å². The van der Waals surface area contributed by atoms with Gasteiger partial charge in [-0.25, -0.2) is 4.98 Å². The molecule has 7 aromatic rings. The summed E-state index contributed by atoms with van der Waals surface area (Å²) in [4.78, 5) is 171. The third kappa shape index (κ3) is 22.2. The fourth-order valence-corrected chi connectivity index (χ4v) is 12.2. The van der Waals surface area contributed by atoms with Gasteiger partial charge in [-0.05, 0) is 115 Å². The van der Waals surface area contributed by atoms with Crippen LogP contribution in [0.2, 0.25) is 5.02 Å². The topological polar surface area (TPSA) is 429 Å². The number of halogens is 1. The van der Waals surface area contributed by atoms with E-state index in [9.17, 15) is 57.8 Å². The number of rotatable bonds is 36. The van der Waals surface area contributed by atoms with E-state index in [4.69, 9.17) is 23.1 Å². The average molecular weight is 1410 g/mol. The average Bonchev–Trinajstić information content (AvgIpc) is 1.79. The fourth-order valence-electron chi connectivity index (χ4n) is 12.1. The number of primary amides is 1. The lowest BCUT2D eigenvalue weighted by Crippen LogP contribution is -2.61. The van der Waals surface area contributed by atoms with E-state index >= 15 is 0 Å². The molecule has 29 heteroatoms. The van der Waals surface area contributed by atoms with Crippen molar-refractivity contribution in [2.75, 3.05) is 19.7 Å². The minimum Gasteiger partial charge on any atom is -0.394 e. The number of likely N-dealkylation sites (tertiary alicyclic amines) is 1. The summed E-state index contributed by atoms with van der Waals surface area (Å²) in [6.45, 7) is 5.78. The molecule has 28 nitrogen and oxygen atoms in total. The predicted octanol–water partition coefficient (Wildman–Crippen LogP) is 1.65. The maximum Gasteiger partial charge on any atom is 0.245 e. The van der Waals surface area contributed by atoms with Crippen LogP contribution >= 0.6 is 11.6 Å². The molecule has 1 aliphatic rings. The third-order valence-electron chi connectivity index (χ3n) is 17.4. The van der Waals surface area contributed by atoms with Gasteiger partial charge in [0.1, 0.15) is 60.4 Å². The Bertz CT molecular complexity index is 4020. The quantitative estimate of drug-likeness (QED) is 0.0248. The van der Waals surface area contributed by atoms with Crippen molar-refractivity contribution in [3.63, 3.8) is 0 Å². The number of imidazole rings is 1. The van der Waals surface area contributed by atoms with E-state index in [0.29, 0.717) is 53.1 Å². The minimum absolute atomic E-state index is 0.0209. The van der Waals surface area contributed by atoms with Gasteiger partial charge in [0.2, 0.25) is 65.0 Å². The van der Waals surface area contributed by atoms with Gasteiger partial charge in [0.15, 0.2) is 0 Å². The Labute approximate surface area is 589 Å². The molecule has 0 unspecified atom stereocenters. The Morgan fingerprint density at radius 3 is 1.76 bits per heavy atom. The molecule has 11 amide bonds. The molecule has 0 spiro atoms. The standard InChI is InChI=1S/C72H89ClN16O12/c1-41(2)29-60(72(101)89-28-12-19-62(89)71(100)80-42(3)63(75)92)87-68(97)58(34-49-37-78-53-17-8-7-16-52(49)53)85-64(93)54(18-9-10-26-74)82-69(98)59(35-51-38-77-40-79-51)86-70(99)61(39-90)88-67(96)57(33-46-13-11-27-76-36-46)84-66(95)56(31-44-21-24-50(73)25-22-44)83-65(94)55(81-43(4)91)32-45-20-23-47-14-5-6-15-48(47)30-45/h5-8,11,13-17,20-25,27,30,36-38,40-42,54-62,78,90H,9-10,12,18-19,26,28-29,31-35,39,74H2,1-4H3,(H2,75,92)(H,77,79)(H,80,100)(H,81,91)(H,82,98)(H,83,94)(H,84,95)(H,85,93)(H,86,99)(H,87,97)(H,88,96)/t42-,54-,55-,56-,57-,58+,59+,60+,61+,62+/m1/s1. The van der Waals surface area contributed by atoms with Crippen LogP contribution in [0.4, 0.5) is 0 Å². The Morgan fingerprint density at radius 1 is 0.584 bits per heavy atom. The number of nitrogens with two attached hydrogens (primary N) is 2. The molecule has 1 fully saturated rings. The highest BCUT2D eigenvalue weighted by molar-refractivity contribution is 6.30. The van der Waals surface area contributed by atoms with Crippen LogP contribution in [-0.2, 0) is 84.8 Å². The number of aliphatic hydroxyl groups excluding tert-OH is 1. The van der Waals surface area contributed by atoms with Gasteiger partial charge in [-0.15, -0.1) is 0 Å². The molecular weight excluding hydrogens is 1320 g/mol. The number of hydrogen-bond acceptors (Lipinski definition) is 15. The normalized spacial score (nSPS) is 15.5. The van der Waals surface area contributed by atoms with Gasteiger partial charge in [-0.3, -0.25) is 57.7 Å². The highest BCUT2D eigenvalue weighted by Crippen LogP contribution is 2.24. The zero-order valence-corrected chi connectivity index (χ0v) is 57.5. The molecule has 0 saturated carbocycles. The van der Waals surface area contributed by atoms with Crippen LogP contribution in [0.5, 0.6) is 0 Å². The molecule has 0 bridgehead atoms. The number of aromatic nitrogens is 4. The smallest absolute Gasteiger partial charge is 0.245 e. The van der Waals surface area contributed by atoms with Crippen molar-refractivity contribution in [1.82, 2.24) is 72.7 Å². The van der Waals surface area contributed by atoms with Crippen molar-refractivity contribution >= 4 is 98.3 Å². The van der Waals surface area contributed by atoms with E-state index in [1.54, 1.807) is 42.6 Å². The van der Waals surface area contributed by atoms with Gasteiger partial charge in [0, 0.05) is 92.0 Å². The Hall–Kier alpha value is -10.6. The number of aliphatic hydroxyl groups is 1. The highest BCUT2D eigenvalue weighted by atomic mass is 35.5. The SMILES string of the molecule is CC(=O)N[C@H](Cc1ccc2ccccc2c1)C(=O)N[C@H](Cc1ccc(Cl)cc1)C(=O)N[C@H](Cc1cccnc1)C(=O)N[C@@H](CO)C(=O)N[C@@H](Cc1cnc[nH]1)C(=O)N[C@H](CCCCN)C(=O)N[C@@H](Cc1c[nH]c2ccccc12)C(=O)N[C@@H](CC(C)C)C(=O)N1CCC[C@H]1C(=O)N[C@H](C)C(N)=O. The van der Waals surface area contributed by atoms with Crippen molar-refractivity contribution < 1.29 is 57.8 Å². The van der Waals surface area contributed by atoms with Gasteiger partial charge in [0.25, 0.3) is 0 Å². The summed E-state index contributed by atoms with van der Waals surface area (Å²) >= 11 is 6.24. The minimum atomic E-state index is -1.79. The first kappa shape index (κ1) is 76.2. The summed E-state index contributed by atoms with van der Waals surface area (Å²) in [6.07, 6.45) is 8.30. The number of pyridine rings is 1. The molecule has 0 aliphatic carbocycles. The first-order chi connectivity index (χ1) is 48.5. The lowest BCUT2D eigenvalue weighted by molar-refractivity contribution is -0.142. The molecule has 16 N–H and O–H groups in total. The van der Waals surface area contributed by atoms with Crippen LogP contribution < -0.4 is 59.3 Å². The molecule has 101 heavy (non-hydrogen) atoms. The lowest BCUT2D eigenvalue weighted by atomic mass is 9.99. The van der Waals surface area contributed by atoms with E-state index in [1.807, 2.05) is 80.6 Å². The Morgan fingerprint density at radius 2 is 1.15 bits per heavy atom. The maximum absolute atomic E-state index is 15.0. The molecule has 536 valence electrons. The van der Waals surface area contributed by atoms with Crippen LogP contribution in [0.15, 0.2) is 134 Å². The molecule has 0 radical (unpaired) electrons. The molecule has 8 rings (SSSR count). The van der Waals surface area contributed by atoms with Gasteiger partial charge in [-0.1, -0.05) is 104 Å². The summed E-state index contributed by atoms with van der Waals surface area (Å²) in [5.74, 6) is -8.65. The van der Waals surface area contributed by atoms with E-state index in [0.717, 1.165) is 27.2 Å². The number of aromatic amines is 2. The first-order valence-corrected chi connectivity index (χ1v) is 34.1. The third-order valence-corrected chi connectivity index (χ3v) is 17.7. The highest BCUT2D eigenvalue weighted by Gasteiger charge is 2.41. The number of para-hydroxylation sites is 1. The molecule has 4 heterocycles. The van der Waals surface area contributed by atoms with Crippen LogP contribution in [0.1, 0.15) is 94.2 Å². The molecular formula is C72H89ClN16O12. The maximum atomic E-state index is 15.0. The molecule has 3 aromatic heterocycles. The molecule has 1 aliphatic heterocycles. The van der Waals surface area contributed by atoms with Crippen LogP contribution in [0.25, 0.3) is 21.7 Å². The summed E-state index contributed by atoms with van der Waals surface area (Å²) in [7, 11) is 0. The van der Waals surface area contributed by atoms with Crippen molar-refractivity contribution in [2.24, 2.45) is 17.4 Å². The number of benzene rings is 4. The van der Waals surface area contributed by atoms with Crippen molar-refractivity contribution in [1.29, 1.82) is 0 Å². The number of fused-ring (bicyclic) bond motifs is 2. The van der Waals surface area contributed by atoms with Gasteiger partial charge >= 0.3 is 0 Å². The number of nitrogens with zero attached hydrogens (tertiary/aromatic N) is 3. The largest absolute Gasteiger partial charge is 0.394 e. The number of carbonyl (C=O) groups excluding carboxylic acids is 11. The first-order valence-electron chi connectivity index (χ1n) is 33.7. The summed E-state index contributed by atoms with van der Waals surface area (Å²) in [6, 6.07) is 17.0. The summed E-state index contributed by atoms with van der Waals surface area (Å²) in [5, 5.41) is 38.3. The van der Waals surface area contributed by atoms with E-state index < -0.39 is 132 Å². The fraction of sp³-hybridized carbons (Fsp3) is 0.403. The number of carbonyl (C=O) groups is 11. The van der Waals surface area contributed by atoms with Crippen molar-refractivity contribution in [3.05, 3.63) is 167 Å². The lowest BCUT2D eigenvalue weighted by Gasteiger charge is -2.31. The monoisotopic (exact) mass is 1400 g/mol. The Balaban J connectivity index is 1.02. The Kier molecular flexibility index (Phi) is 27.9. The van der Waals surface area contributed by atoms with E-state index in [2.05, 4.69) is 67.8 Å².